The Hall–Kier alpha value is -2.16. The number of carboxylic acid groups (broad SMARTS) is 1. The molecule has 1 heterocycles. The number of carboxylic acids is 1. The van der Waals surface area contributed by atoms with Crippen molar-refractivity contribution in [3.8, 4) is 0 Å². The fourth-order valence-corrected chi connectivity index (χ4v) is 2.91. The third kappa shape index (κ3) is 2.20. The van der Waals surface area contributed by atoms with E-state index in [4.69, 9.17) is 10.1 Å². The van der Waals surface area contributed by atoms with Crippen molar-refractivity contribution in [1.82, 2.24) is 4.98 Å². The molecule has 1 aliphatic carbocycles. The Labute approximate surface area is 118 Å². The van der Waals surface area contributed by atoms with Crippen LogP contribution in [0.2, 0.25) is 0 Å². The van der Waals surface area contributed by atoms with E-state index in [9.17, 15) is 4.79 Å². The molecule has 102 valence electrons. The van der Waals surface area contributed by atoms with Gasteiger partial charge in [0, 0.05) is 17.2 Å². The van der Waals surface area contributed by atoms with Gasteiger partial charge in [0.2, 0.25) is 0 Å². The van der Waals surface area contributed by atoms with E-state index in [2.05, 4.69) is 19.1 Å². The van der Waals surface area contributed by atoms with Gasteiger partial charge in [-0.1, -0.05) is 13.0 Å². The summed E-state index contributed by atoms with van der Waals surface area (Å²) in [4.78, 5) is 15.6. The van der Waals surface area contributed by atoms with Gasteiger partial charge >= 0.3 is 5.97 Å². The summed E-state index contributed by atoms with van der Waals surface area (Å²) in [5, 5.41) is 9.97. The number of benzene rings is 1. The van der Waals surface area contributed by atoms with Gasteiger partial charge in [0.05, 0.1) is 5.52 Å². The fourth-order valence-electron chi connectivity index (χ4n) is 2.91. The molecule has 0 saturated heterocycles. The van der Waals surface area contributed by atoms with Crippen molar-refractivity contribution in [3.63, 3.8) is 0 Å². The van der Waals surface area contributed by atoms with E-state index in [1.807, 2.05) is 6.07 Å². The third-order valence-electron chi connectivity index (χ3n) is 3.92. The first kappa shape index (κ1) is 12.9. The normalized spacial score (nSPS) is 14.1. The molecular weight excluding hydrogens is 250 g/mol. The van der Waals surface area contributed by atoms with Gasteiger partial charge < -0.3 is 5.11 Å². The van der Waals surface area contributed by atoms with Crippen LogP contribution in [0.4, 0.5) is 0 Å². The van der Waals surface area contributed by atoms with Crippen molar-refractivity contribution in [1.29, 1.82) is 0 Å². The Morgan fingerprint density at radius 2 is 2.25 bits per heavy atom. The number of carbonyl (C=O) groups is 1. The molecule has 0 saturated carbocycles. The van der Waals surface area contributed by atoms with Crippen LogP contribution >= 0.6 is 0 Å². The van der Waals surface area contributed by atoms with E-state index in [0.717, 1.165) is 47.8 Å². The van der Waals surface area contributed by atoms with Crippen LogP contribution in [0.1, 0.15) is 35.7 Å². The van der Waals surface area contributed by atoms with Crippen LogP contribution in [-0.4, -0.2) is 16.1 Å². The number of aromatic nitrogens is 1. The maximum Gasteiger partial charge on any atom is 0.328 e. The molecule has 3 rings (SSSR count). The van der Waals surface area contributed by atoms with Crippen LogP contribution in [0.3, 0.4) is 0 Å². The Kier molecular flexibility index (Phi) is 3.26. The number of nitrogens with zero attached hydrogens (tertiary/aromatic N) is 1. The van der Waals surface area contributed by atoms with E-state index < -0.39 is 5.97 Å². The summed E-state index contributed by atoms with van der Waals surface area (Å²) >= 11 is 0. The molecule has 2 aromatic rings. The van der Waals surface area contributed by atoms with Gasteiger partial charge in [-0.2, -0.15) is 0 Å². The Morgan fingerprint density at radius 3 is 3.00 bits per heavy atom. The van der Waals surface area contributed by atoms with E-state index in [0.29, 0.717) is 0 Å². The molecule has 0 unspecified atom stereocenters. The van der Waals surface area contributed by atoms with E-state index >= 15 is 0 Å². The maximum atomic E-state index is 10.8. The van der Waals surface area contributed by atoms with Crippen molar-refractivity contribution >= 4 is 22.9 Å². The number of aryl methyl sites for hydroxylation is 2. The van der Waals surface area contributed by atoms with Gasteiger partial charge in [0.25, 0.3) is 0 Å². The lowest BCUT2D eigenvalue weighted by Crippen LogP contribution is -1.96. The smallest absolute Gasteiger partial charge is 0.328 e. The lowest BCUT2D eigenvalue weighted by atomic mass is 9.98. The third-order valence-corrected chi connectivity index (χ3v) is 3.92. The van der Waals surface area contributed by atoms with Crippen molar-refractivity contribution in [2.75, 3.05) is 0 Å². The molecule has 0 fully saturated rings. The largest absolute Gasteiger partial charge is 0.478 e. The second-order valence-electron chi connectivity index (χ2n) is 5.18. The number of hydrogen-bond donors (Lipinski definition) is 1. The van der Waals surface area contributed by atoms with Crippen molar-refractivity contribution in [2.24, 2.45) is 0 Å². The zero-order chi connectivity index (χ0) is 14.1. The number of aliphatic carboxylic acids is 1. The number of rotatable bonds is 3. The predicted octanol–water partition coefficient (Wildman–Crippen LogP) is 3.38. The summed E-state index contributed by atoms with van der Waals surface area (Å²) in [6.07, 6.45) is 7.02. The topological polar surface area (TPSA) is 50.2 Å². The molecule has 0 bridgehead atoms. The average Bonchev–Trinajstić information content (AvgIpc) is 2.90. The molecule has 1 aromatic carbocycles. The minimum atomic E-state index is -0.909. The van der Waals surface area contributed by atoms with E-state index in [1.165, 1.54) is 17.2 Å². The number of pyridine rings is 1. The van der Waals surface area contributed by atoms with Gasteiger partial charge in [-0.05, 0) is 60.6 Å². The molecule has 1 aromatic heterocycles. The van der Waals surface area contributed by atoms with Crippen molar-refractivity contribution in [2.45, 2.75) is 32.6 Å². The minimum absolute atomic E-state index is 0.909. The summed E-state index contributed by atoms with van der Waals surface area (Å²) in [6, 6.07) is 6.29. The lowest BCUT2D eigenvalue weighted by molar-refractivity contribution is -0.131. The van der Waals surface area contributed by atoms with Crippen molar-refractivity contribution < 1.29 is 9.90 Å². The minimum Gasteiger partial charge on any atom is -0.478 e. The van der Waals surface area contributed by atoms with E-state index in [1.54, 1.807) is 6.08 Å². The highest BCUT2D eigenvalue weighted by molar-refractivity contribution is 5.94. The van der Waals surface area contributed by atoms with Gasteiger partial charge in [0.15, 0.2) is 0 Å². The second-order valence-corrected chi connectivity index (χ2v) is 5.18. The van der Waals surface area contributed by atoms with Crippen LogP contribution in [-0.2, 0) is 24.1 Å². The molecule has 0 aliphatic heterocycles. The Balaban J connectivity index is 2.28. The van der Waals surface area contributed by atoms with Gasteiger partial charge in [-0.25, -0.2) is 4.79 Å². The van der Waals surface area contributed by atoms with Crippen LogP contribution in [0, 0.1) is 0 Å². The standard InChI is InChI=1S/C17H17NO2/c1-2-11-6-8-16-14(10-11)12(7-9-17(19)20)13-4-3-5-15(13)18-16/h6-10H,2-5H2,1H3,(H,19,20)/b9-7+. The Morgan fingerprint density at radius 1 is 1.40 bits per heavy atom. The predicted molar refractivity (Wildman–Crippen MR) is 79.8 cm³/mol. The molecule has 0 radical (unpaired) electrons. The molecule has 0 amide bonds. The highest BCUT2D eigenvalue weighted by Gasteiger charge is 2.18. The maximum absolute atomic E-state index is 10.8. The molecule has 1 aliphatic rings. The highest BCUT2D eigenvalue weighted by atomic mass is 16.4. The van der Waals surface area contributed by atoms with Crippen LogP contribution < -0.4 is 0 Å². The summed E-state index contributed by atoms with van der Waals surface area (Å²) < 4.78 is 0. The SMILES string of the molecule is CCc1ccc2nc3c(c(/C=C/C(=O)O)c2c1)CCC3. The first-order valence-electron chi connectivity index (χ1n) is 7.04. The zero-order valence-electron chi connectivity index (χ0n) is 11.5. The highest BCUT2D eigenvalue weighted by Crippen LogP contribution is 2.31. The second kappa shape index (κ2) is 5.08. The first-order chi connectivity index (χ1) is 9.69. The van der Waals surface area contributed by atoms with Crippen LogP contribution in [0.25, 0.3) is 17.0 Å². The van der Waals surface area contributed by atoms with Crippen LogP contribution in [0.15, 0.2) is 24.3 Å². The molecule has 0 spiro atoms. The number of hydrogen-bond acceptors (Lipinski definition) is 2. The fraction of sp³-hybridized carbons (Fsp3) is 0.294. The summed E-state index contributed by atoms with van der Waals surface area (Å²) in [5.74, 6) is -0.909. The van der Waals surface area contributed by atoms with Gasteiger partial charge in [0.1, 0.15) is 0 Å². The van der Waals surface area contributed by atoms with Gasteiger partial charge in [-0.3, -0.25) is 4.98 Å². The molecule has 0 atom stereocenters. The Bertz CT molecular complexity index is 716. The average molecular weight is 267 g/mol. The quantitative estimate of drug-likeness (QED) is 0.867. The number of fused-ring (bicyclic) bond motifs is 2. The van der Waals surface area contributed by atoms with Gasteiger partial charge in [-0.15, -0.1) is 0 Å². The monoisotopic (exact) mass is 267 g/mol. The molecule has 3 heteroatoms. The first-order valence-corrected chi connectivity index (χ1v) is 7.04. The van der Waals surface area contributed by atoms with Crippen molar-refractivity contribution in [3.05, 3.63) is 46.7 Å². The summed E-state index contributed by atoms with van der Waals surface area (Å²) in [5.41, 5.74) is 5.62. The molecular formula is C17H17NO2. The summed E-state index contributed by atoms with van der Waals surface area (Å²) in [6.45, 7) is 2.12. The summed E-state index contributed by atoms with van der Waals surface area (Å²) in [7, 11) is 0. The molecule has 20 heavy (non-hydrogen) atoms. The van der Waals surface area contributed by atoms with E-state index in [-0.39, 0.29) is 0 Å². The molecule has 3 nitrogen and oxygen atoms in total. The zero-order valence-corrected chi connectivity index (χ0v) is 11.5. The van der Waals surface area contributed by atoms with Crippen LogP contribution in [0.5, 0.6) is 0 Å². The molecule has 1 N–H and O–H groups in total. The lowest BCUT2D eigenvalue weighted by Gasteiger charge is -2.10.